The van der Waals surface area contributed by atoms with E-state index in [1.54, 1.807) is 12.4 Å². The monoisotopic (exact) mass is 540 g/mol. The van der Waals surface area contributed by atoms with Crippen molar-refractivity contribution in [3.8, 4) is 44.9 Å². The molecule has 0 spiro atoms. The number of aromatic nitrogens is 4. The SMILES string of the molecule is C1=Cc2c(c(-c3ccc(-c4nc5c(nc4-c4ccccc4)=CCCC=5)cc3)c3ccccc3c2-c2cnccn2)CC1. The van der Waals surface area contributed by atoms with Crippen molar-refractivity contribution in [3.63, 3.8) is 0 Å². The van der Waals surface area contributed by atoms with E-state index in [0.717, 1.165) is 70.2 Å². The zero-order valence-electron chi connectivity index (χ0n) is 23.2. The van der Waals surface area contributed by atoms with E-state index in [9.17, 15) is 0 Å². The molecular formula is C38H28N4. The second kappa shape index (κ2) is 10.3. The Labute approximate surface area is 244 Å². The zero-order chi connectivity index (χ0) is 27.9. The molecule has 0 N–H and O–H groups in total. The molecule has 42 heavy (non-hydrogen) atoms. The Balaban J connectivity index is 1.32. The third-order valence-electron chi connectivity index (χ3n) is 8.31. The molecule has 4 nitrogen and oxygen atoms in total. The Morgan fingerprint density at radius 1 is 0.571 bits per heavy atom. The maximum atomic E-state index is 5.16. The lowest BCUT2D eigenvalue weighted by atomic mass is 9.81. The zero-order valence-corrected chi connectivity index (χ0v) is 23.2. The molecule has 200 valence electrons. The van der Waals surface area contributed by atoms with Crippen LogP contribution < -0.4 is 10.7 Å². The van der Waals surface area contributed by atoms with Crippen molar-refractivity contribution >= 4 is 29.0 Å². The van der Waals surface area contributed by atoms with E-state index in [1.165, 1.54) is 33.0 Å². The molecule has 0 aliphatic heterocycles. The Morgan fingerprint density at radius 2 is 1.21 bits per heavy atom. The molecule has 2 aromatic heterocycles. The van der Waals surface area contributed by atoms with Gasteiger partial charge >= 0.3 is 0 Å². The summed E-state index contributed by atoms with van der Waals surface area (Å²) in [5.41, 5.74) is 11.2. The number of allylic oxidation sites excluding steroid dienone is 1. The van der Waals surface area contributed by atoms with Crippen LogP contribution in [0.25, 0.3) is 73.9 Å². The lowest BCUT2D eigenvalue weighted by Crippen LogP contribution is -2.34. The lowest BCUT2D eigenvalue weighted by Gasteiger charge is -2.23. The van der Waals surface area contributed by atoms with E-state index >= 15 is 0 Å². The predicted octanol–water partition coefficient (Wildman–Crippen LogP) is 7.40. The maximum absolute atomic E-state index is 5.16. The first-order chi connectivity index (χ1) is 20.8. The van der Waals surface area contributed by atoms with Crippen molar-refractivity contribution < 1.29 is 0 Å². The van der Waals surface area contributed by atoms with Gasteiger partial charge in [0.25, 0.3) is 0 Å². The van der Waals surface area contributed by atoms with E-state index in [-0.39, 0.29) is 0 Å². The van der Waals surface area contributed by atoms with E-state index in [4.69, 9.17) is 15.0 Å². The molecular weight excluding hydrogens is 512 g/mol. The van der Waals surface area contributed by atoms with Crippen LogP contribution in [0.1, 0.15) is 30.4 Å². The number of hydrogen-bond donors (Lipinski definition) is 0. The summed E-state index contributed by atoms with van der Waals surface area (Å²) in [7, 11) is 0. The van der Waals surface area contributed by atoms with Crippen molar-refractivity contribution in [2.24, 2.45) is 0 Å². The number of hydrogen-bond acceptors (Lipinski definition) is 4. The third-order valence-corrected chi connectivity index (χ3v) is 8.31. The second-order valence-electron chi connectivity index (χ2n) is 10.8. The highest BCUT2D eigenvalue weighted by molar-refractivity contribution is 6.09. The first-order valence-corrected chi connectivity index (χ1v) is 14.6. The highest BCUT2D eigenvalue weighted by Crippen LogP contribution is 2.44. The molecule has 4 aromatic carbocycles. The summed E-state index contributed by atoms with van der Waals surface area (Å²) in [5, 5.41) is 4.39. The Bertz CT molecular complexity index is 2110. The Kier molecular flexibility index (Phi) is 6.03. The minimum absolute atomic E-state index is 0.909. The highest BCUT2D eigenvalue weighted by Gasteiger charge is 2.22. The largest absolute Gasteiger partial charge is 0.261 e. The highest BCUT2D eigenvalue weighted by atomic mass is 14.8. The Hall–Kier alpha value is -5.22. The average Bonchev–Trinajstić information content (AvgIpc) is 3.07. The van der Waals surface area contributed by atoms with Crippen molar-refractivity contribution in [1.82, 2.24) is 19.9 Å². The third kappa shape index (κ3) is 4.15. The fourth-order valence-electron chi connectivity index (χ4n) is 6.41. The number of benzene rings is 4. The number of rotatable bonds is 4. The van der Waals surface area contributed by atoms with Crippen LogP contribution in [-0.2, 0) is 6.42 Å². The van der Waals surface area contributed by atoms with Gasteiger partial charge in [-0.05, 0) is 58.7 Å². The molecule has 0 atom stereocenters. The summed E-state index contributed by atoms with van der Waals surface area (Å²) < 4.78 is 0. The van der Waals surface area contributed by atoms with Crippen LogP contribution in [-0.4, -0.2) is 19.9 Å². The van der Waals surface area contributed by atoms with E-state index < -0.39 is 0 Å². The van der Waals surface area contributed by atoms with Crippen LogP contribution >= 0.6 is 0 Å². The minimum atomic E-state index is 0.909. The van der Waals surface area contributed by atoms with Gasteiger partial charge in [-0.25, -0.2) is 9.97 Å². The van der Waals surface area contributed by atoms with Gasteiger partial charge in [-0.1, -0.05) is 103 Å². The molecule has 0 fully saturated rings. The predicted molar refractivity (Wildman–Crippen MR) is 172 cm³/mol. The van der Waals surface area contributed by atoms with Crippen LogP contribution in [0.4, 0.5) is 0 Å². The molecule has 8 rings (SSSR count). The molecule has 4 heteroatoms. The molecule has 0 saturated heterocycles. The summed E-state index contributed by atoms with van der Waals surface area (Å²) in [6.07, 6.45) is 18.4. The normalized spacial score (nSPS) is 13.6. The van der Waals surface area contributed by atoms with Crippen molar-refractivity contribution in [3.05, 3.63) is 125 Å². The van der Waals surface area contributed by atoms with Gasteiger partial charge in [-0.2, -0.15) is 0 Å². The van der Waals surface area contributed by atoms with Gasteiger partial charge in [-0.15, -0.1) is 0 Å². The molecule has 0 unspecified atom stereocenters. The lowest BCUT2D eigenvalue weighted by molar-refractivity contribution is 0.990. The number of nitrogens with zero attached hydrogens (tertiary/aromatic N) is 4. The van der Waals surface area contributed by atoms with Crippen LogP contribution in [0.5, 0.6) is 0 Å². The van der Waals surface area contributed by atoms with Gasteiger partial charge in [0.05, 0.1) is 34.0 Å². The number of fused-ring (bicyclic) bond motifs is 3. The van der Waals surface area contributed by atoms with E-state index in [2.05, 4.69) is 102 Å². The molecule has 6 aromatic rings. The maximum Gasteiger partial charge on any atom is 0.0972 e. The summed E-state index contributed by atoms with van der Waals surface area (Å²) in [6.45, 7) is 0. The summed E-state index contributed by atoms with van der Waals surface area (Å²) >= 11 is 0. The molecule has 0 bridgehead atoms. The van der Waals surface area contributed by atoms with Crippen molar-refractivity contribution in [2.75, 3.05) is 0 Å². The quantitative estimate of drug-likeness (QED) is 0.234. The van der Waals surface area contributed by atoms with Gasteiger partial charge in [0, 0.05) is 29.1 Å². The standard InChI is InChI=1S/C38H28N4/c1-2-10-26(11-3-1)37-38(42-33-17-9-8-16-32(33)41-37)27-20-18-25(19-21-27)35-28-12-4-6-14-30(28)36(34-24-39-22-23-40-34)31-15-7-5-13-29(31)35/h1-4,6-7,10-12,14-24H,5,8-9,13H2. The summed E-state index contributed by atoms with van der Waals surface area (Å²) in [5.74, 6) is 0. The minimum Gasteiger partial charge on any atom is -0.261 e. The second-order valence-corrected chi connectivity index (χ2v) is 10.8. The van der Waals surface area contributed by atoms with Crippen LogP contribution in [0.2, 0.25) is 0 Å². The molecule has 0 saturated carbocycles. The first kappa shape index (κ1) is 24.6. The molecule has 0 amide bonds. The van der Waals surface area contributed by atoms with Gasteiger partial charge < -0.3 is 0 Å². The fourth-order valence-corrected chi connectivity index (χ4v) is 6.41. The van der Waals surface area contributed by atoms with Gasteiger partial charge in [0.2, 0.25) is 0 Å². The van der Waals surface area contributed by atoms with Gasteiger partial charge in [0.15, 0.2) is 0 Å². The van der Waals surface area contributed by atoms with Gasteiger partial charge in [0.1, 0.15) is 0 Å². The van der Waals surface area contributed by atoms with Crippen molar-refractivity contribution in [2.45, 2.75) is 25.7 Å². The Morgan fingerprint density at radius 3 is 1.90 bits per heavy atom. The van der Waals surface area contributed by atoms with E-state index in [1.807, 2.05) is 12.3 Å². The molecule has 2 heterocycles. The van der Waals surface area contributed by atoms with Gasteiger partial charge in [-0.3, -0.25) is 9.97 Å². The fraction of sp³-hybridized carbons (Fsp3) is 0.105. The summed E-state index contributed by atoms with van der Waals surface area (Å²) in [6, 6.07) is 28.0. The van der Waals surface area contributed by atoms with Crippen LogP contribution in [0.15, 0.2) is 104 Å². The van der Waals surface area contributed by atoms with Crippen molar-refractivity contribution in [1.29, 1.82) is 0 Å². The topological polar surface area (TPSA) is 51.6 Å². The first-order valence-electron chi connectivity index (χ1n) is 14.6. The average molecular weight is 541 g/mol. The van der Waals surface area contributed by atoms with Crippen LogP contribution in [0, 0.1) is 0 Å². The molecule has 0 radical (unpaired) electrons. The molecule has 2 aliphatic carbocycles. The molecule has 2 aliphatic rings. The summed E-state index contributed by atoms with van der Waals surface area (Å²) in [4.78, 5) is 19.4. The van der Waals surface area contributed by atoms with E-state index in [0.29, 0.717) is 0 Å². The van der Waals surface area contributed by atoms with Crippen LogP contribution in [0.3, 0.4) is 0 Å². The smallest absolute Gasteiger partial charge is 0.0972 e.